The van der Waals surface area contributed by atoms with Crippen LogP contribution >= 0.6 is 23.5 Å². The maximum Gasteiger partial charge on any atom is 0.250 e. The highest BCUT2D eigenvalue weighted by atomic mass is 32.2. The second kappa shape index (κ2) is 8.54. The van der Waals surface area contributed by atoms with Crippen LogP contribution in [0.4, 0.5) is 0 Å². The smallest absolute Gasteiger partial charge is 0.250 e. The number of carbonyl (C=O) groups excluding carboxylic acids is 1. The molecule has 0 bridgehead atoms. The molecule has 2 rings (SSSR count). The highest BCUT2D eigenvalue weighted by Gasteiger charge is 2.06. The van der Waals surface area contributed by atoms with Crippen LogP contribution in [0.2, 0.25) is 0 Å². The fourth-order valence-electron chi connectivity index (χ4n) is 1.62. The second-order valence-electron chi connectivity index (χ2n) is 4.47. The van der Waals surface area contributed by atoms with Crippen molar-refractivity contribution in [2.24, 2.45) is 5.10 Å². The molecule has 1 aromatic heterocycles. The summed E-state index contributed by atoms with van der Waals surface area (Å²) in [6.07, 6.45) is 3.31. The number of aromatic nitrogens is 2. The third-order valence-electron chi connectivity index (χ3n) is 2.67. The monoisotopic (exact) mass is 348 g/mol. The van der Waals surface area contributed by atoms with Crippen molar-refractivity contribution in [1.82, 2.24) is 15.4 Å². The van der Waals surface area contributed by atoms with E-state index in [2.05, 4.69) is 20.5 Å². The van der Waals surface area contributed by atoms with Gasteiger partial charge >= 0.3 is 0 Å². The lowest BCUT2D eigenvalue weighted by Gasteiger charge is -2.03. The Hall–Kier alpha value is -2.06. The van der Waals surface area contributed by atoms with Gasteiger partial charge in [0.2, 0.25) is 5.91 Å². The van der Waals surface area contributed by atoms with Crippen LogP contribution in [0.1, 0.15) is 11.3 Å². The van der Waals surface area contributed by atoms with Crippen LogP contribution in [-0.4, -0.2) is 39.2 Å². The van der Waals surface area contributed by atoms with Gasteiger partial charge in [-0.2, -0.15) is 5.10 Å². The average molecular weight is 348 g/mol. The average Bonchev–Trinajstić information content (AvgIpc) is 2.54. The van der Waals surface area contributed by atoms with E-state index < -0.39 is 0 Å². The zero-order valence-corrected chi connectivity index (χ0v) is 14.3. The Morgan fingerprint density at radius 2 is 2.17 bits per heavy atom. The van der Waals surface area contributed by atoms with Gasteiger partial charge in [0.1, 0.15) is 10.8 Å². The van der Waals surface area contributed by atoms with Crippen molar-refractivity contribution in [3.63, 3.8) is 0 Å². The molecule has 0 aliphatic heterocycles. The van der Waals surface area contributed by atoms with Crippen molar-refractivity contribution in [2.45, 2.75) is 17.1 Å². The summed E-state index contributed by atoms with van der Waals surface area (Å²) >= 11 is 2.78. The molecule has 0 radical (unpaired) electrons. The molecular formula is C15H16N4O2S2. The summed E-state index contributed by atoms with van der Waals surface area (Å²) in [4.78, 5) is 20.4. The van der Waals surface area contributed by atoms with Gasteiger partial charge in [-0.15, -0.1) is 0 Å². The molecule has 1 heterocycles. The minimum Gasteiger partial charge on any atom is -0.507 e. The number of aryl methyl sites for hydroxylation is 1. The van der Waals surface area contributed by atoms with Crippen molar-refractivity contribution >= 4 is 35.6 Å². The molecule has 23 heavy (non-hydrogen) atoms. The van der Waals surface area contributed by atoms with Crippen LogP contribution in [0.5, 0.6) is 5.75 Å². The maximum absolute atomic E-state index is 11.8. The van der Waals surface area contributed by atoms with Crippen molar-refractivity contribution < 1.29 is 9.90 Å². The van der Waals surface area contributed by atoms with Crippen molar-refractivity contribution in [2.75, 3.05) is 12.0 Å². The molecule has 0 atom stereocenters. The molecule has 120 valence electrons. The van der Waals surface area contributed by atoms with E-state index in [1.165, 1.54) is 29.7 Å². The number of benzene rings is 1. The Morgan fingerprint density at radius 1 is 1.39 bits per heavy atom. The van der Waals surface area contributed by atoms with E-state index >= 15 is 0 Å². The number of rotatable bonds is 6. The molecule has 2 aromatic rings. The van der Waals surface area contributed by atoms with Gasteiger partial charge in [0.25, 0.3) is 0 Å². The van der Waals surface area contributed by atoms with Gasteiger partial charge in [0.15, 0.2) is 5.16 Å². The highest BCUT2D eigenvalue weighted by molar-refractivity contribution is 8.00. The van der Waals surface area contributed by atoms with Gasteiger partial charge in [0, 0.05) is 11.3 Å². The van der Waals surface area contributed by atoms with Crippen LogP contribution in [0.3, 0.4) is 0 Å². The summed E-state index contributed by atoms with van der Waals surface area (Å²) in [6.45, 7) is 1.89. The standard InChI is InChI=1S/C15H16N4O2S2/c1-10-7-14(18-15(17-10)22-2)23-9-13(21)19-16-8-11-5-3-4-6-12(11)20/h3-8,20H,9H2,1-2H3,(H,19,21). The number of amides is 1. The minimum atomic E-state index is -0.247. The molecule has 1 amide bonds. The van der Waals surface area contributed by atoms with Gasteiger partial charge in [-0.3, -0.25) is 4.79 Å². The summed E-state index contributed by atoms with van der Waals surface area (Å²) in [5, 5.41) is 14.8. The Balaban J connectivity index is 1.86. The number of phenols is 1. The predicted octanol–water partition coefficient (Wildman–Crippen LogP) is 2.45. The van der Waals surface area contributed by atoms with Crippen LogP contribution < -0.4 is 5.43 Å². The number of hydrogen-bond donors (Lipinski definition) is 2. The molecule has 0 unspecified atom stereocenters. The third kappa shape index (κ3) is 5.57. The van der Waals surface area contributed by atoms with Gasteiger partial charge in [-0.1, -0.05) is 35.7 Å². The number of para-hydroxylation sites is 1. The molecule has 0 spiro atoms. The van der Waals surface area contributed by atoms with E-state index in [-0.39, 0.29) is 17.4 Å². The van der Waals surface area contributed by atoms with Crippen molar-refractivity contribution in [3.05, 3.63) is 41.6 Å². The lowest BCUT2D eigenvalue weighted by Crippen LogP contribution is -2.19. The number of phenolic OH excluding ortho intramolecular Hbond substituents is 1. The van der Waals surface area contributed by atoms with E-state index in [0.717, 1.165) is 10.7 Å². The summed E-state index contributed by atoms with van der Waals surface area (Å²) in [5.74, 6) is 0.0622. The molecule has 0 aliphatic carbocycles. The zero-order valence-electron chi connectivity index (χ0n) is 12.7. The summed E-state index contributed by atoms with van der Waals surface area (Å²) in [6, 6.07) is 8.59. The topological polar surface area (TPSA) is 87.5 Å². The first-order valence-corrected chi connectivity index (χ1v) is 8.92. The molecule has 1 aromatic carbocycles. The number of nitrogens with one attached hydrogen (secondary N) is 1. The molecule has 0 saturated heterocycles. The maximum atomic E-state index is 11.8. The van der Waals surface area contributed by atoms with E-state index in [9.17, 15) is 9.90 Å². The zero-order chi connectivity index (χ0) is 16.7. The number of hydrazone groups is 1. The van der Waals surface area contributed by atoms with E-state index in [1.54, 1.807) is 24.3 Å². The lowest BCUT2D eigenvalue weighted by atomic mass is 10.2. The molecule has 0 fully saturated rings. The summed E-state index contributed by atoms with van der Waals surface area (Å²) in [5.41, 5.74) is 3.83. The van der Waals surface area contributed by atoms with Crippen LogP contribution in [0.15, 0.2) is 45.6 Å². The minimum absolute atomic E-state index is 0.112. The first-order chi connectivity index (χ1) is 11.1. The summed E-state index contributed by atoms with van der Waals surface area (Å²) in [7, 11) is 0. The third-order valence-corrected chi connectivity index (χ3v) is 4.13. The van der Waals surface area contributed by atoms with Gasteiger partial charge < -0.3 is 5.11 Å². The number of thioether (sulfide) groups is 2. The number of aromatic hydroxyl groups is 1. The Kier molecular flexibility index (Phi) is 6.42. The van der Waals surface area contributed by atoms with Crippen molar-refractivity contribution in [3.8, 4) is 5.75 Å². The lowest BCUT2D eigenvalue weighted by molar-refractivity contribution is -0.118. The SMILES string of the molecule is CSc1nc(C)cc(SCC(=O)NN=Cc2ccccc2O)n1. The van der Waals surface area contributed by atoms with Gasteiger partial charge in [-0.05, 0) is 31.4 Å². The number of carbonyl (C=O) groups is 1. The predicted molar refractivity (Wildman–Crippen MR) is 93.1 cm³/mol. The fraction of sp³-hybridized carbons (Fsp3) is 0.200. The molecule has 0 aliphatic rings. The molecule has 2 N–H and O–H groups in total. The van der Waals surface area contributed by atoms with Gasteiger partial charge in [0.05, 0.1) is 12.0 Å². The second-order valence-corrected chi connectivity index (χ2v) is 6.24. The number of hydrogen-bond acceptors (Lipinski definition) is 7. The van der Waals surface area contributed by atoms with Gasteiger partial charge in [-0.25, -0.2) is 15.4 Å². The first-order valence-electron chi connectivity index (χ1n) is 6.71. The quantitative estimate of drug-likeness (QED) is 0.274. The highest BCUT2D eigenvalue weighted by Crippen LogP contribution is 2.19. The molecular weight excluding hydrogens is 332 g/mol. The van der Waals surface area contributed by atoms with Crippen LogP contribution in [-0.2, 0) is 4.79 Å². The van der Waals surface area contributed by atoms with Crippen LogP contribution in [0.25, 0.3) is 0 Å². The molecule has 6 nitrogen and oxygen atoms in total. The largest absolute Gasteiger partial charge is 0.507 e. The Morgan fingerprint density at radius 3 is 2.91 bits per heavy atom. The molecule has 8 heteroatoms. The summed E-state index contributed by atoms with van der Waals surface area (Å²) < 4.78 is 0. The first kappa shape index (κ1) is 17.3. The number of nitrogens with zero attached hydrogens (tertiary/aromatic N) is 3. The fourth-order valence-corrected chi connectivity index (χ4v) is 2.85. The van der Waals surface area contributed by atoms with E-state index in [0.29, 0.717) is 10.7 Å². The van der Waals surface area contributed by atoms with E-state index in [4.69, 9.17) is 0 Å². The van der Waals surface area contributed by atoms with Crippen molar-refractivity contribution in [1.29, 1.82) is 0 Å². The van der Waals surface area contributed by atoms with Crippen LogP contribution in [0, 0.1) is 6.92 Å². The normalized spacial score (nSPS) is 10.9. The Bertz CT molecular complexity index is 722. The molecule has 0 saturated carbocycles. The van der Waals surface area contributed by atoms with E-state index in [1.807, 2.05) is 19.2 Å². The Labute approximate surface area is 142 Å².